The van der Waals surface area contributed by atoms with Crippen LogP contribution in [-0.2, 0) is 16.6 Å². The molecule has 0 saturated carbocycles. The van der Waals surface area contributed by atoms with Crippen LogP contribution < -0.4 is 4.74 Å². The second kappa shape index (κ2) is 7.06. The van der Waals surface area contributed by atoms with Gasteiger partial charge in [-0.25, -0.2) is 17.2 Å². The molecule has 0 amide bonds. The van der Waals surface area contributed by atoms with Gasteiger partial charge in [0.15, 0.2) is 11.6 Å². The van der Waals surface area contributed by atoms with Gasteiger partial charge in [0, 0.05) is 13.1 Å². The summed E-state index contributed by atoms with van der Waals surface area (Å²) in [4.78, 5) is -0.00488. The summed E-state index contributed by atoms with van der Waals surface area (Å²) in [5.41, 5.74) is 0.496. The molecule has 0 N–H and O–H groups in total. The Labute approximate surface area is 134 Å². The molecule has 0 saturated heterocycles. The maximum absolute atomic E-state index is 13.7. The average molecular weight is 341 g/mol. The summed E-state index contributed by atoms with van der Waals surface area (Å²) in [6, 6.07) is 8.89. The quantitative estimate of drug-likeness (QED) is 0.811. The van der Waals surface area contributed by atoms with Crippen LogP contribution >= 0.6 is 0 Å². The highest BCUT2D eigenvalue weighted by molar-refractivity contribution is 7.89. The van der Waals surface area contributed by atoms with E-state index in [1.165, 1.54) is 35.7 Å². The van der Waals surface area contributed by atoms with Crippen LogP contribution in [0, 0.1) is 11.6 Å². The zero-order valence-corrected chi connectivity index (χ0v) is 13.6. The summed E-state index contributed by atoms with van der Waals surface area (Å²) in [7, 11) is -2.43. The summed E-state index contributed by atoms with van der Waals surface area (Å²) in [6.07, 6.45) is 0. The first kappa shape index (κ1) is 17.4. The molecule has 4 nitrogen and oxygen atoms in total. The third kappa shape index (κ3) is 3.86. The predicted octanol–water partition coefficient (Wildman–Crippen LogP) is 3.18. The molecule has 0 heterocycles. The van der Waals surface area contributed by atoms with Gasteiger partial charge in [-0.05, 0) is 42.0 Å². The summed E-state index contributed by atoms with van der Waals surface area (Å²) >= 11 is 0. The Kier molecular flexibility index (Phi) is 5.33. The third-order valence-electron chi connectivity index (χ3n) is 3.38. The molecular weight excluding hydrogens is 324 g/mol. The molecule has 0 aromatic heterocycles. The molecule has 0 aliphatic heterocycles. The normalized spacial score (nSPS) is 11.7. The van der Waals surface area contributed by atoms with Gasteiger partial charge in [0.2, 0.25) is 10.0 Å². The highest BCUT2D eigenvalue weighted by Gasteiger charge is 2.23. The molecule has 23 heavy (non-hydrogen) atoms. The van der Waals surface area contributed by atoms with Gasteiger partial charge in [-0.15, -0.1) is 0 Å². The van der Waals surface area contributed by atoms with E-state index in [2.05, 4.69) is 0 Å². The van der Waals surface area contributed by atoms with Crippen LogP contribution in [-0.4, -0.2) is 26.4 Å². The number of rotatable bonds is 6. The topological polar surface area (TPSA) is 46.6 Å². The fourth-order valence-electron chi connectivity index (χ4n) is 2.13. The van der Waals surface area contributed by atoms with Crippen molar-refractivity contribution in [2.75, 3.05) is 13.7 Å². The number of methoxy groups -OCH3 is 1. The second-order valence-corrected chi connectivity index (χ2v) is 6.79. The molecule has 0 atom stereocenters. The lowest BCUT2D eigenvalue weighted by atomic mass is 10.2. The molecule has 7 heteroatoms. The van der Waals surface area contributed by atoms with Gasteiger partial charge < -0.3 is 4.74 Å². The monoisotopic (exact) mass is 341 g/mol. The van der Waals surface area contributed by atoms with E-state index in [-0.39, 0.29) is 23.7 Å². The first-order chi connectivity index (χ1) is 10.9. The Morgan fingerprint density at radius 2 is 1.74 bits per heavy atom. The highest BCUT2D eigenvalue weighted by Crippen LogP contribution is 2.22. The van der Waals surface area contributed by atoms with E-state index >= 15 is 0 Å². The Balaban J connectivity index is 2.28. The average Bonchev–Trinajstić information content (AvgIpc) is 2.53. The first-order valence-corrected chi connectivity index (χ1v) is 8.40. The van der Waals surface area contributed by atoms with Crippen molar-refractivity contribution in [1.29, 1.82) is 0 Å². The van der Waals surface area contributed by atoms with Crippen molar-refractivity contribution in [1.82, 2.24) is 4.31 Å². The van der Waals surface area contributed by atoms with Crippen LogP contribution in [0.2, 0.25) is 0 Å². The van der Waals surface area contributed by atoms with Crippen LogP contribution in [0.3, 0.4) is 0 Å². The van der Waals surface area contributed by atoms with E-state index in [9.17, 15) is 17.2 Å². The zero-order chi connectivity index (χ0) is 17.0. The van der Waals surface area contributed by atoms with Crippen molar-refractivity contribution in [3.63, 3.8) is 0 Å². The number of hydrogen-bond acceptors (Lipinski definition) is 3. The van der Waals surface area contributed by atoms with Gasteiger partial charge in [0.25, 0.3) is 0 Å². The maximum atomic E-state index is 13.7. The molecule has 2 aromatic rings. The largest absolute Gasteiger partial charge is 0.494 e. The smallest absolute Gasteiger partial charge is 0.243 e. The van der Waals surface area contributed by atoms with E-state index in [1.807, 2.05) is 0 Å². The number of benzene rings is 2. The molecule has 0 fully saturated rings. The number of sulfonamides is 1. The van der Waals surface area contributed by atoms with Crippen molar-refractivity contribution in [3.8, 4) is 5.75 Å². The van der Waals surface area contributed by atoms with E-state index in [4.69, 9.17) is 4.74 Å². The van der Waals surface area contributed by atoms with Crippen LogP contribution in [0.4, 0.5) is 8.78 Å². The number of nitrogens with zero attached hydrogens (tertiary/aromatic N) is 1. The Morgan fingerprint density at radius 3 is 2.26 bits per heavy atom. The van der Waals surface area contributed by atoms with Crippen molar-refractivity contribution in [2.45, 2.75) is 18.4 Å². The summed E-state index contributed by atoms with van der Waals surface area (Å²) in [5, 5.41) is 0. The molecule has 2 aromatic carbocycles. The second-order valence-electron chi connectivity index (χ2n) is 4.85. The first-order valence-electron chi connectivity index (χ1n) is 6.96. The van der Waals surface area contributed by atoms with E-state index < -0.39 is 21.7 Å². The van der Waals surface area contributed by atoms with E-state index in [1.54, 1.807) is 13.0 Å². The SMILES string of the molecule is CCN(Cc1ccc(OC)c(F)c1)S(=O)(=O)c1ccc(F)cc1. The zero-order valence-electron chi connectivity index (χ0n) is 12.8. The van der Waals surface area contributed by atoms with E-state index in [0.29, 0.717) is 5.56 Å². The molecule has 2 rings (SSSR count). The van der Waals surface area contributed by atoms with Gasteiger partial charge in [-0.1, -0.05) is 13.0 Å². The standard InChI is InChI=1S/C16H17F2NO3S/c1-3-19(11-12-4-9-16(22-2)15(18)10-12)23(20,21)14-7-5-13(17)6-8-14/h4-10H,3,11H2,1-2H3. The molecule has 0 unspecified atom stereocenters. The van der Waals surface area contributed by atoms with Crippen molar-refractivity contribution in [3.05, 3.63) is 59.7 Å². The van der Waals surface area contributed by atoms with Crippen LogP contribution in [0.25, 0.3) is 0 Å². The fourth-order valence-corrected chi connectivity index (χ4v) is 3.57. The highest BCUT2D eigenvalue weighted by atomic mass is 32.2. The molecule has 124 valence electrons. The Bertz CT molecular complexity index is 776. The minimum atomic E-state index is -3.78. The van der Waals surface area contributed by atoms with Crippen molar-refractivity contribution < 1.29 is 21.9 Å². The molecule has 0 bridgehead atoms. The van der Waals surface area contributed by atoms with Gasteiger partial charge in [0.05, 0.1) is 12.0 Å². The summed E-state index contributed by atoms with van der Waals surface area (Å²) in [5.74, 6) is -0.970. The molecular formula is C16H17F2NO3S. The minimum absolute atomic E-state index is 0.00488. The lowest BCUT2D eigenvalue weighted by molar-refractivity contribution is 0.384. The summed E-state index contributed by atoms with van der Waals surface area (Å²) < 4.78 is 57.9. The fraction of sp³-hybridized carbons (Fsp3) is 0.250. The van der Waals surface area contributed by atoms with Gasteiger partial charge in [-0.2, -0.15) is 4.31 Å². The Hall–Kier alpha value is -1.99. The van der Waals surface area contributed by atoms with E-state index in [0.717, 1.165) is 12.1 Å². The lowest BCUT2D eigenvalue weighted by Crippen LogP contribution is -2.30. The molecule has 0 radical (unpaired) electrons. The summed E-state index contributed by atoms with van der Waals surface area (Å²) in [6.45, 7) is 1.89. The Morgan fingerprint density at radius 1 is 1.09 bits per heavy atom. The van der Waals surface area contributed by atoms with Crippen molar-refractivity contribution in [2.24, 2.45) is 0 Å². The molecule has 0 aliphatic carbocycles. The lowest BCUT2D eigenvalue weighted by Gasteiger charge is -2.21. The predicted molar refractivity (Wildman–Crippen MR) is 82.6 cm³/mol. The number of halogens is 2. The van der Waals surface area contributed by atoms with Crippen LogP contribution in [0.15, 0.2) is 47.4 Å². The molecule has 0 aliphatic rings. The molecule has 0 spiro atoms. The van der Waals surface area contributed by atoms with Gasteiger partial charge >= 0.3 is 0 Å². The van der Waals surface area contributed by atoms with Crippen molar-refractivity contribution >= 4 is 10.0 Å². The van der Waals surface area contributed by atoms with Gasteiger partial charge in [0.1, 0.15) is 5.82 Å². The van der Waals surface area contributed by atoms with Crippen LogP contribution in [0.5, 0.6) is 5.75 Å². The minimum Gasteiger partial charge on any atom is -0.494 e. The maximum Gasteiger partial charge on any atom is 0.243 e. The number of hydrogen-bond donors (Lipinski definition) is 0. The van der Waals surface area contributed by atoms with Gasteiger partial charge in [-0.3, -0.25) is 0 Å². The van der Waals surface area contributed by atoms with Crippen LogP contribution in [0.1, 0.15) is 12.5 Å². The third-order valence-corrected chi connectivity index (χ3v) is 5.31. The number of ether oxygens (including phenoxy) is 1.